The van der Waals surface area contributed by atoms with Crippen molar-refractivity contribution in [3.8, 4) is 0 Å². The molecule has 1 aromatic carbocycles. The van der Waals surface area contributed by atoms with Gasteiger partial charge in [-0.3, -0.25) is 4.79 Å². The summed E-state index contributed by atoms with van der Waals surface area (Å²) in [6, 6.07) is 9.14. The lowest BCUT2D eigenvalue weighted by Crippen LogP contribution is -2.38. The van der Waals surface area contributed by atoms with Gasteiger partial charge in [0.05, 0.1) is 4.90 Å². The third-order valence-electron chi connectivity index (χ3n) is 3.61. The number of nitrogens with two attached hydrogens (primary N) is 1. The molecule has 1 amide bonds. The zero-order valence-corrected chi connectivity index (χ0v) is 16.0. The van der Waals surface area contributed by atoms with Crippen molar-refractivity contribution in [2.45, 2.75) is 18.7 Å². The van der Waals surface area contributed by atoms with E-state index >= 15 is 0 Å². The fraction of sp³-hybridized carbons (Fsp3) is 0.222. The SMILES string of the molecule is C=C(C(=O)N(C)C)N(c1cc(C)cc(C)n1)S(=O)(=O)c1ccc(N)cc1. The number of aromatic nitrogens is 1. The highest BCUT2D eigenvalue weighted by Crippen LogP contribution is 2.28. The van der Waals surface area contributed by atoms with Crippen molar-refractivity contribution >= 4 is 27.4 Å². The number of likely N-dealkylation sites (N-methyl/N-ethyl adjacent to an activating group) is 1. The van der Waals surface area contributed by atoms with Crippen LogP contribution in [-0.2, 0) is 14.8 Å². The Labute approximate surface area is 153 Å². The van der Waals surface area contributed by atoms with Crippen LogP contribution in [0, 0.1) is 13.8 Å². The number of rotatable bonds is 5. The van der Waals surface area contributed by atoms with Gasteiger partial charge in [0.2, 0.25) is 0 Å². The number of anilines is 2. The van der Waals surface area contributed by atoms with Crippen LogP contribution in [0.25, 0.3) is 0 Å². The largest absolute Gasteiger partial charge is 0.399 e. The number of amides is 1. The minimum Gasteiger partial charge on any atom is -0.399 e. The van der Waals surface area contributed by atoms with Gasteiger partial charge in [0, 0.05) is 25.5 Å². The molecule has 2 rings (SSSR count). The number of hydrogen-bond acceptors (Lipinski definition) is 5. The molecular formula is C18H22N4O3S. The lowest BCUT2D eigenvalue weighted by Gasteiger charge is -2.26. The van der Waals surface area contributed by atoms with Gasteiger partial charge in [0.15, 0.2) is 0 Å². The van der Waals surface area contributed by atoms with E-state index in [1.165, 1.54) is 43.3 Å². The molecule has 2 N–H and O–H groups in total. The maximum atomic E-state index is 13.2. The van der Waals surface area contributed by atoms with Gasteiger partial charge in [-0.2, -0.15) is 0 Å². The molecule has 0 unspecified atom stereocenters. The molecule has 7 nitrogen and oxygen atoms in total. The highest BCUT2D eigenvalue weighted by atomic mass is 32.2. The van der Waals surface area contributed by atoms with Crippen molar-refractivity contribution in [1.29, 1.82) is 0 Å². The van der Waals surface area contributed by atoms with Gasteiger partial charge < -0.3 is 10.6 Å². The van der Waals surface area contributed by atoms with Gasteiger partial charge in [-0.05, 0) is 55.8 Å². The standard InChI is InChI=1S/C18H22N4O3S/c1-12-10-13(2)20-17(11-12)22(14(3)18(23)21(4)5)26(24,25)16-8-6-15(19)7-9-16/h6-11H,3,19H2,1-2,4-5H3. The first-order chi connectivity index (χ1) is 12.0. The fourth-order valence-corrected chi connectivity index (χ4v) is 3.82. The van der Waals surface area contributed by atoms with Crippen LogP contribution in [0.5, 0.6) is 0 Å². The Morgan fingerprint density at radius 3 is 2.19 bits per heavy atom. The summed E-state index contributed by atoms with van der Waals surface area (Å²) in [5.41, 5.74) is 7.30. The van der Waals surface area contributed by atoms with Crippen LogP contribution in [0.3, 0.4) is 0 Å². The number of hydrogen-bond donors (Lipinski definition) is 1. The molecule has 1 heterocycles. The molecular weight excluding hydrogens is 352 g/mol. The number of carbonyl (C=O) groups is 1. The molecule has 26 heavy (non-hydrogen) atoms. The fourth-order valence-electron chi connectivity index (χ4n) is 2.42. The van der Waals surface area contributed by atoms with Gasteiger partial charge in [-0.1, -0.05) is 6.58 Å². The second kappa shape index (κ2) is 7.17. The second-order valence-corrected chi connectivity index (χ2v) is 7.92. The van der Waals surface area contributed by atoms with E-state index in [-0.39, 0.29) is 16.4 Å². The normalized spacial score (nSPS) is 11.1. The van der Waals surface area contributed by atoms with E-state index in [2.05, 4.69) is 11.6 Å². The Hall–Kier alpha value is -2.87. The monoisotopic (exact) mass is 374 g/mol. The number of nitrogens with zero attached hydrogens (tertiary/aromatic N) is 3. The molecule has 0 aliphatic heterocycles. The summed E-state index contributed by atoms with van der Waals surface area (Å²) < 4.78 is 27.4. The van der Waals surface area contributed by atoms with Gasteiger partial charge in [0.1, 0.15) is 11.5 Å². The zero-order valence-electron chi connectivity index (χ0n) is 15.2. The van der Waals surface area contributed by atoms with Crippen LogP contribution in [0.4, 0.5) is 11.5 Å². The Kier molecular flexibility index (Phi) is 5.36. The molecule has 1 aromatic heterocycles. The quantitative estimate of drug-likeness (QED) is 0.638. The number of aryl methyl sites for hydroxylation is 2. The van der Waals surface area contributed by atoms with Crippen molar-refractivity contribution in [1.82, 2.24) is 9.88 Å². The minimum atomic E-state index is -4.11. The number of sulfonamides is 1. The van der Waals surface area contributed by atoms with Crippen molar-refractivity contribution in [3.05, 3.63) is 59.9 Å². The second-order valence-electron chi connectivity index (χ2n) is 6.13. The van der Waals surface area contributed by atoms with Gasteiger partial charge in [0.25, 0.3) is 15.9 Å². The molecule has 0 atom stereocenters. The van der Waals surface area contributed by atoms with Crippen molar-refractivity contribution < 1.29 is 13.2 Å². The van der Waals surface area contributed by atoms with Crippen LogP contribution in [-0.4, -0.2) is 38.3 Å². The van der Waals surface area contributed by atoms with Gasteiger partial charge in [-0.15, -0.1) is 0 Å². The zero-order chi connectivity index (χ0) is 19.6. The first kappa shape index (κ1) is 19.5. The predicted molar refractivity (Wildman–Crippen MR) is 102 cm³/mol. The third-order valence-corrected chi connectivity index (χ3v) is 5.36. The minimum absolute atomic E-state index is 0.0136. The molecule has 138 valence electrons. The van der Waals surface area contributed by atoms with E-state index in [0.717, 1.165) is 9.87 Å². The summed E-state index contributed by atoms with van der Waals surface area (Å²) in [6.07, 6.45) is 0. The highest BCUT2D eigenvalue weighted by Gasteiger charge is 2.32. The van der Waals surface area contributed by atoms with Gasteiger partial charge >= 0.3 is 0 Å². The number of carbonyl (C=O) groups excluding carboxylic acids is 1. The Balaban J connectivity index is 2.69. The first-order valence-electron chi connectivity index (χ1n) is 7.80. The Bertz CT molecular complexity index is 931. The average molecular weight is 374 g/mol. The molecule has 0 spiro atoms. The van der Waals surface area contributed by atoms with E-state index in [1.54, 1.807) is 13.0 Å². The maximum absolute atomic E-state index is 13.2. The summed E-state index contributed by atoms with van der Waals surface area (Å²) in [4.78, 5) is 18.0. The molecule has 0 bridgehead atoms. The topological polar surface area (TPSA) is 96.6 Å². The number of benzene rings is 1. The van der Waals surface area contributed by atoms with Crippen LogP contribution >= 0.6 is 0 Å². The van der Waals surface area contributed by atoms with E-state index in [1.807, 2.05) is 13.0 Å². The van der Waals surface area contributed by atoms with Crippen LogP contribution in [0.2, 0.25) is 0 Å². The molecule has 0 radical (unpaired) electrons. The summed E-state index contributed by atoms with van der Waals surface area (Å²) in [6.45, 7) is 7.29. The smallest absolute Gasteiger partial charge is 0.270 e. The van der Waals surface area contributed by atoms with Crippen LogP contribution in [0.1, 0.15) is 11.3 Å². The average Bonchev–Trinajstić information content (AvgIpc) is 2.53. The van der Waals surface area contributed by atoms with Crippen molar-refractivity contribution in [2.24, 2.45) is 0 Å². The van der Waals surface area contributed by atoms with Gasteiger partial charge in [-0.25, -0.2) is 17.7 Å². The number of pyridine rings is 1. The lowest BCUT2D eigenvalue weighted by molar-refractivity contribution is -0.124. The van der Waals surface area contributed by atoms with Crippen molar-refractivity contribution in [2.75, 3.05) is 24.1 Å². The molecule has 0 saturated heterocycles. The summed E-state index contributed by atoms with van der Waals surface area (Å²) in [5, 5.41) is 0. The van der Waals surface area contributed by atoms with E-state index in [4.69, 9.17) is 5.73 Å². The Morgan fingerprint density at radius 1 is 1.12 bits per heavy atom. The molecule has 0 aliphatic carbocycles. The predicted octanol–water partition coefficient (Wildman–Crippen LogP) is 2.08. The lowest BCUT2D eigenvalue weighted by atomic mass is 10.2. The Morgan fingerprint density at radius 2 is 1.69 bits per heavy atom. The summed E-state index contributed by atoms with van der Waals surface area (Å²) in [5.74, 6) is -0.426. The van der Waals surface area contributed by atoms with Crippen LogP contribution in [0.15, 0.2) is 53.6 Å². The van der Waals surface area contributed by atoms with E-state index in [0.29, 0.717) is 11.4 Å². The van der Waals surface area contributed by atoms with E-state index in [9.17, 15) is 13.2 Å². The maximum Gasteiger partial charge on any atom is 0.270 e. The highest BCUT2D eigenvalue weighted by molar-refractivity contribution is 7.93. The first-order valence-corrected chi connectivity index (χ1v) is 9.24. The van der Waals surface area contributed by atoms with Crippen molar-refractivity contribution in [3.63, 3.8) is 0 Å². The summed E-state index contributed by atoms with van der Waals surface area (Å²) >= 11 is 0. The summed E-state index contributed by atoms with van der Waals surface area (Å²) in [7, 11) is -1.07. The third kappa shape index (κ3) is 3.85. The number of nitrogen functional groups attached to an aromatic ring is 1. The molecule has 0 saturated carbocycles. The molecule has 8 heteroatoms. The molecule has 0 aliphatic rings. The molecule has 0 fully saturated rings. The molecule has 2 aromatic rings. The van der Waals surface area contributed by atoms with E-state index < -0.39 is 15.9 Å². The van der Waals surface area contributed by atoms with Crippen LogP contribution < -0.4 is 10.0 Å².